The summed E-state index contributed by atoms with van der Waals surface area (Å²) in [5.41, 5.74) is 1.19. The Morgan fingerprint density at radius 2 is 2.19 bits per heavy atom. The molecule has 0 saturated heterocycles. The van der Waals surface area contributed by atoms with Gasteiger partial charge in [0.2, 0.25) is 0 Å². The molecule has 0 saturated carbocycles. The molecule has 0 bridgehead atoms. The minimum absolute atomic E-state index is 0.585. The lowest BCUT2D eigenvalue weighted by Crippen LogP contribution is -2.14. The van der Waals surface area contributed by atoms with E-state index >= 15 is 0 Å². The van der Waals surface area contributed by atoms with Crippen molar-refractivity contribution in [2.24, 2.45) is 0 Å². The van der Waals surface area contributed by atoms with Crippen molar-refractivity contribution in [3.05, 3.63) is 29.8 Å². The summed E-state index contributed by atoms with van der Waals surface area (Å²) in [4.78, 5) is 0. The van der Waals surface area contributed by atoms with Gasteiger partial charge < -0.3 is 10.1 Å². The van der Waals surface area contributed by atoms with E-state index in [1.807, 2.05) is 18.2 Å². The molecule has 0 aliphatic heterocycles. The fourth-order valence-corrected chi connectivity index (χ4v) is 1.41. The molecular formula is C14H19NO. The Morgan fingerprint density at radius 1 is 1.38 bits per heavy atom. The third kappa shape index (κ3) is 4.37. The maximum Gasteiger partial charge on any atom is 0.123 e. The number of rotatable bonds is 7. The van der Waals surface area contributed by atoms with Gasteiger partial charge >= 0.3 is 0 Å². The molecule has 1 aromatic rings. The molecular weight excluding hydrogens is 198 g/mol. The van der Waals surface area contributed by atoms with Gasteiger partial charge in [-0.3, -0.25) is 0 Å². The Balaban J connectivity index is 2.50. The molecule has 0 heterocycles. The van der Waals surface area contributed by atoms with Crippen LogP contribution in [0.15, 0.2) is 24.3 Å². The number of ether oxygens (including phenoxy) is 1. The van der Waals surface area contributed by atoms with Gasteiger partial charge in [-0.15, -0.1) is 12.3 Å². The lowest BCUT2D eigenvalue weighted by atomic mass is 10.2. The first kappa shape index (κ1) is 12.6. The van der Waals surface area contributed by atoms with E-state index in [1.54, 1.807) is 0 Å². The second-order valence-electron chi connectivity index (χ2n) is 3.59. The summed E-state index contributed by atoms with van der Waals surface area (Å²) in [6.45, 7) is 4.61. The molecule has 86 valence electrons. The molecule has 2 heteroatoms. The normalized spacial score (nSPS) is 9.75. The summed E-state index contributed by atoms with van der Waals surface area (Å²) >= 11 is 0. The smallest absolute Gasteiger partial charge is 0.123 e. The second-order valence-corrected chi connectivity index (χ2v) is 3.59. The first-order valence-electron chi connectivity index (χ1n) is 5.73. The van der Waals surface area contributed by atoms with E-state index in [0.29, 0.717) is 13.0 Å². The molecule has 0 amide bonds. The molecule has 0 aliphatic carbocycles. The van der Waals surface area contributed by atoms with Crippen LogP contribution in [0.4, 0.5) is 0 Å². The minimum Gasteiger partial charge on any atom is -0.492 e. The average Bonchev–Trinajstić information content (AvgIpc) is 2.32. The number of para-hydroxylation sites is 1. The van der Waals surface area contributed by atoms with Gasteiger partial charge in [0.05, 0.1) is 6.61 Å². The highest BCUT2D eigenvalue weighted by Crippen LogP contribution is 2.17. The largest absolute Gasteiger partial charge is 0.492 e. The predicted molar refractivity (Wildman–Crippen MR) is 67.4 cm³/mol. The van der Waals surface area contributed by atoms with E-state index in [2.05, 4.69) is 24.2 Å². The highest BCUT2D eigenvalue weighted by molar-refractivity contribution is 5.33. The van der Waals surface area contributed by atoms with Crippen LogP contribution < -0.4 is 10.1 Å². The van der Waals surface area contributed by atoms with Gasteiger partial charge in [-0.2, -0.15) is 0 Å². The molecule has 0 aliphatic rings. The van der Waals surface area contributed by atoms with E-state index in [-0.39, 0.29) is 0 Å². The molecule has 1 aromatic carbocycles. The topological polar surface area (TPSA) is 21.3 Å². The van der Waals surface area contributed by atoms with E-state index < -0.39 is 0 Å². The zero-order valence-corrected chi connectivity index (χ0v) is 9.83. The standard InChI is InChI=1S/C14H19NO/c1-3-5-11-16-14-9-7-6-8-13(14)12-15-10-4-2/h1,6-9,15H,4-5,10-12H2,2H3. The van der Waals surface area contributed by atoms with Crippen LogP contribution in [0.2, 0.25) is 0 Å². The SMILES string of the molecule is C#CCCOc1ccccc1CNCCC. The molecule has 0 aromatic heterocycles. The maximum atomic E-state index is 5.63. The molecule has 0 atom stereocenters. The fraction of sp³-hybridized carbons (Fsp3) is 0.429. The lowest BCUT2D eigenvalue weighted by molar-refractivity contribution is 0.323. The fourth-order valence-electron chi connectivity index (χ4n) is 1.41. The first-order chi connectivity index (χ1) is 7.88. The molecule has 1 N–H and O–H groups in total. The zero-order chi connectivity index (χ0) is 11.6. The van der Waals surface area contributed by atoms with E-state index in [9.17, 15) is 0 Å². The van der Waals surface area contributed by atoms with Crippen LogP contribution in [0.25, 0.3) is 0 Å². The highest BCUT2D eigenvalue weighted by Gasteiger charge is 2.01. The van der Waals surface area contributed by atoms with Crippen LogP contribution in [-0.4, -0.2) is 13.2 Å². The van der Waals surface area contributed by atoms with Gasteiger partial charge in [0.1, 0.15) is 5.75 Å². The van der Waals surface area contributed by atoms with Gasteiger partial charge in [-0.1, -0.05) is 25.1 Å². The van der Waals surface area contributed by atoms with Crippen LogP contribution in [0.3, 0.4) is 0 Å². The van der Waals surface area contributed by atoms with Crippen molar-refractivity contribution in [1.29, 1.82) is 0 Å². The second kappa shape index (κ2) is 7.78. The average molecular weight is 217 g/mol. The van der Waals surface area contributed by atoms with E-state index in [0.717, 1.165) is 25.3 Å². The number of hydrogen-bond donors (Lipinski definition) is 1. The summed E-state index contributed by atoms with van der Waals surface area (Å²) in [6, 6.07) is 8.07. The lowest BCUT2D eigenvalue weighted by Gasteiger charge is -2.10. The molecule has 1 rings (SSSR count). The van der Waals surface area contributed by atoms with Crippen molar-refractivity contribution in [2.75, 3.05) is 13.2 Å². The molecule has 0 radical (unpaired) electrons. The van der Waals surface area contributed by atoms with Crippen LogP contribution in [0.5, 0.6) is 5.75 Å². The van der Waals surface area contributed by atoms with Crippen molar-refractivity contribution in [2.45, 2.75) is 26.3 Å². The third-order valence-electron chi connectivity index (χ3n) is 2.22. The van der Waals surface area contributed by atoms with Crippen LogP contribution in [0.1, 0.15) is 25.3 Å². The molecule has 16 heavy (non-hydrogen) atoms. The van der Waals surface area contributed by atoms with E-state index in [1.165, 1.54) is 5.56 Å². The maximum absolute atomic E-state index is 5.63. The quantitative estimate of drug-likeness (QED) is 0.560. The van der Waals surface area contributed by atoms with Crippen molar-refractivity contribution in [1.82, 2.24) is 5.32 Å². The molecule has 0 fully saturated rings. The Morgan fingerprint density at radius 3 is 2.94 bits per heavy atom. The van der Waals surface area contributed by atoms with E-state index in [4.69, 9.17) is 11.2 Å². The van der Waals surface area contributed by atoms with Gasteiger partial charge in [0, 0.05) is 18.5 Å². The Kier molecular flexibility index (Phi) is 6.13. The first-order valence-corrected chi connectivity index (χ1v) is 5.73. The zero-order valence-electron chi connectivity index (χ0n) is 9.83. The number of hydrogen-bond acceptors (Lipinski definition) is 2. The highest BCUT2D eigenvalue weighted by atomic mass is 16.5. The Bertz CT molecular complexity index is 341. The van der Waals surface area contributed by atoms with Crippen molar-refractivity contribution < 1.29 is 4.74 Å². The summed E-state index contributed by atoms with van der Waals surface area (Å²) in [6.07, 6.45) is 6.98. The summed E-state index contributed by atoms with van der Waals surface area (Å²) in [5, 5.41) is 3.36. The van der Waals surface area contributed by atoms with Crippen LogP contribution >= 0.6 is 0 Å². The summed E-state index contributed by atoms with van der Waals surface area (Å²) in [5.74, 6) is 3.50. The van der Waals surface area contributed by atoms with Crippen molar-refractivity contribution in [3.8, 4) is 18.1 Å². The van der Waals surface area contributed by atoms with Crippen molar-refractivity contribution in [3.63, 3.8) is 0 Å². The molecule has 0 unspecified atom stereocenters. The van der Waals surface area contributed by atoms with Gasteiger partial charge in [0.15, 0.2) is 0 Å². The Labute approximate surface area is 98.0 Å². The number of nitrogens with one attached hydrogen (secondary N) is 1. The third-order valence-corrected chi connectivity index (χ3v) is 2.22. The molecule has 2 nitrogen and oxygen atoms in total. The predicted octanol–water partition coefficient (Wildman–Crippen LogP) is 2.59. The Hall–Kier alpha value is -1.46. The number of benzene rings is 1. The minimum atomic E-state index is 0.585. The molecule has 0 spiro atoms. The van der Waals surface area contributed by atoms with Gasteiger partial charge in [0.25, 0.3) is 0 Å². The number of terminal acetylenes is 1. The van der Waals surface area contributed by atoms with Crippen LogP contribution in [0, 0.1) is 12.3 Å². The summed E-state index contributed by atoms with van der Waals surface area (Å²) < 4.78 is 5.63. The van der Waals surface area contributed by atoms with Crippen LogP contribution in [-0.2, 0) is 6.54 Å². The van der Waals surface area contributed by atoms with Gasteiger partial charge in [-0.25, -0.2) is 0 Å². The summed E-state index contributed by atoms with van der Waals surface area (Å²) in [7, 11) is 0. The van der Waals surface area contributed by atoms with Gasteiger partial charge in [-0.05, 0) is 19.0 Å². The monoisotopic (exact) mass is 217 g/mol. The van der Waals surface area contributed by atoms with Crippen molar-refractivity contribution >= 4 is 0 Å².